The minimum absolute atomic E-state index is 0.115. The summed E-state index contributed by atoms with van der Waals surface area (Å²) in [4.78, 5) is 25.0. The molecule has 0 saturated heterocycles. The highest BCUT2D eigenvalue weighted by molar-refractivity contribution is 6.01. The molecule has 3 N–H and O–H groups in total. The highest BCUT2D eigenvalue weighted by atomic mass is 16.5. The fraction of sp³-hybridized carbons (Fsp3) is 0.292. The zero-order chi connectivity index (χ0) is 22.0. The predicted molar refractivity (Wildman–Crippen MR) is 116 cm³/mol. The molecule has 2 aromatic carbocycles. The molecule has 4 rings (SSSR count). The molecule has 1 unspecified atom stereocenters. The molecular formula is C24H22N2O5. The van der Waals surface area contributed by atoms with E-state index in [1.54, 1.807) is 37.3 Å². The number of carbonyl (C=O) groups excluding carboxylic acids is 1. The number of nitrogens with zero attached hydrogens (tertiary/aromatic N) is 1. The third kappa shape index (κ3) is 4.16. The molecule has 1 heterocycles. The van der Waals surface area contributed by atoms with Gasteiger partial charge in [-0.25, -0.2) is 4.79 Å². The van der Waals surface area contributed by atoms with Crippen molar-refractivity contribution in [2.45, 2.75) is 38.2 Å². The summed E-state index contributed by atoms with van der Waals surface area (Å²) in [6.07, 6.45) is 3.27. The SMILES string of the molecule is Cc1noc(=O)c2ccc(NC(=O)C(O)(C#Cc3ccc(O)cc3)C3CCCC3)cc12. The van der Waals surface area contributed by atoms with E-state index in [0.29, 0.717) is 40.6 Å². The molecule has 1 amide bonds. The summed E-state index contributed by atoms with van der Waals surface area (Å²) in [5, 5.41) is 28.2. The zero-order valence-corrected chi connectivity index (χ0v) is 17.0. The van der Waals surface area contributed by atoms with Crippen LogP contribution in [-0.4, -0.2) is 26.9 Å². The molecule has 0 aliphatic heterocycles. The van der Waals surface area contributed by atoms with Crippen molar-refractivity contribution >= 4 is 22.4 Å². The van der Waals surface area contributed by atoms with Crippen molar-refractivity contribution in [3.05, 3.63) is 64.1 Å². The molecule has 1 aliphatic rings. The number of hydrogen-bond acceptors (Lipinski definition) is 6. The third-order valence-electron chi connectivity index (χ3n) is 5.71. The van der Waals surface area contributed by atoms with Gasteiger partial charge in [-0.2, -0.15) is 0 Å². The van der Waals surface area contributed by atoms with Crippen LogP contribution < -0.4 is 10.9 Å². The number of phenols is 1. The Balaban J connectivity index is 1.67. The number of aromatic nitrogens is 1. The molecular weight excluding hydrogens is 396 g/mol. The van der Waals surface area contributed by atoms with Crippen molar-refractivity contribution < 1.29 is 19.5 Å². The monoisotopic (exact) mass is 418 g/mol. The van der Waals surface area contributed by atoms with Crippen molar-refractivity contribution in [3.8, 4) is 17.6 Å². The van der Waals surface area contributed by atoms with Crippen molar-refractivity contribution in [3.63, 3.8) is 0 Å². The van der Waals surface area contributed by atoms with Crippen LogP contribution in [0.2, 0.25) is 0 Å². The molecule has 0 spiro atoms. The van der Waals surface area contributed by atoms with E-state index in [-0.39, 0.29) is 11.7 Å². The summed E-state index contributed by atoms with van der Waals surface area (Å²) in [5.74, 6) is 4.87. The van der Waals surface area contributed by atoms with Gasteiger partial charge >= 0.3 is 5.63 Å². The van der Waals surface area contributed by atoms with Gasteiger partial charge in [0.2, 0.25) is 5.60 Å². The molecule has 1 saturated carbocycles. The van der Waals surface area contributed by atoms with Crippen LogP contribution >= 0.6 is 0 Å². The Kier molecular flexibility index (Phi) is 5.49. The molecule has 3 aromatic rings. The average Bonchev–Trinajstić information content (AvgIpc) is 3.31. The van der Waals surface area contributed by atoms with Crippen LogP contribution in [0.1, 0.15) is 36.9 Å². The van der Waals surface area contributed by atoms with E-state index in [2.05, 4.69) is 22.3 Å². The van der Waals surface area contributed by atoms with E-state index < -0.39 is 17.1 Å². The normalized spacial score (nSPS) is 15.8. The van der Waals surface area contributed by atoms with Crippen LogP contribution in [-0.2, 0) is 4.79 Å². The second-order valence-corrected chi connectivity index (χ2v) is 7.81. The molecule has 0 bridgehead atoms. The molecule has 1 atom stereocenters. The number of carbonyl (C=O) groups is 1. The molecule has 1 fully saturated rings. The van der Waals surface area contributed by atoms with Crippen LogP contribution in [0.5, 0.6) is 5.75 Å². The molecule has 7 heteroatoms. The van der Waals surface area contributed by atoms with E-state index in [0.717, 1.165) is 12.8 Å². The van der Waals surface area contributed by atoms with Gasteiger partial charge in [-0.05, 0) is 62.2 Å². The van der Waals surface area contributed by atoms with Gasteiger partial charge in [0.1, 0.15) is 5.75 Å². The highest BCUT2D eigenvalue weighted by Gasteiger charge is 2.44. The Bertz CT molecular complexity index is 1250. The largest absolute Gasteiger partial charge is 0.508 e. The number of amides is 1. The van der Waals surface area contributed by atoms with Crippen LogP contribution in [0.3, 0.4) is 0 Å². The number of nitrogens with one attached hydrogen (secondary N) is 1. The average molecular weight is 418 g/mol. The fourth-order valence-corrected chi connectivity index (χ4v) is 3.93. The third-order valence-corrected chi connectivity index (χ3v) is 5.71. The van der Waals surface area contributed by atoms with Gasteiger partial charge in [0.25, 0.3) is 5.91 Å². The second kappa shape index (κ2) is 8.25. The number of rotatable bonds is 3. The summed E-state index contributed by atoms with van der Waals surface area (Å²) in [7, 11) is 0. The van der Waals surface area contributed by atoms with E-state index in [4.69, 9.17) is 4.52 Å². The molecule has 1 aromatic heterocycles. The molecule has 158 valence electrons. The van der Waals surface area contributed by atoms with Crippen LogP contribution in [0.4, 0.5) is 5.69 Å². The van der Waals surface area contributed by atoms with Crippen LogP contribution in [0.15, 0.2) is 51.8 Å². The maximum Gasteiger partial charge on any atom is 0.366 e. The summed E-state index contributed by atoms with van der Waals surface area (Å²) >= 11 is 0. The van der Waals surface area contributed by atoms with Crippen molar-refractivity contribution in [1.82, 2.24) is 5.16 Å². The maximum absolute atomic E-state index is 13.2. The van der Waals surface area contributed by atoms with Crippen molar-refractivity contribution in [1.29, 1.82) is 0 Å². The number of aromatic hydroxyl groups is 1. The van der Waals surface area contributed by atoms with Crippen molar-refractivity contribution in [2.24, 2.45) is 5.92 Å². The molecule has 7 nitrogen and oxygen atoms in total. The number of fused-ring (bicyclic) bond motifs is 1. The lowest BCUT2D eigenvalue weighted by molar-refractivity contribution is -0.132. The number of anilines is 1. The predicted octanol–water partition coefficient (Wildman–Crippen LogP) is 3.11. The van der Waals surface area contributed by atoms with Crippen LogP contribution in [0.25, 0.3) is 10.8 Å². The lowest BCUT2D eigenvalue weighted by Gasteiger charge is -2.27. The minimum atomic E-state index is -1.87. The van der Waals surface area contributed by atoms with Crippen LogP contribution in [0, 0.1) is 24.7 Å². The number of aryl methyl sites for hydroxylation is 1. The lowest BCUT2D eigenvalue weighted by Crippen LogP contribution is -2.47. The first-order valence-electron chi connectivity index (χ1n) is 10.1. The Hall–Kier alpha value is -3.63. The Labute approximate surface area is 178 Å². The fourth-order valence-electron chi connectivity index (χ4n) is 3.93. The summed E-state index contributed by atoms with van der Waals surface area (Å²) in [6, 6.07) is 11.0. The van der Waals surface area contributed by atoms with E-state index in [9.17, 15) is 19.8 Å². The summed E-state index contributed by atoms with van der Waals surface area (Å²) in [6.45, 7) is 1.70. The smallest absolute Gasteiger partial charge is 0.366 e. The number of phenolic OH excluding ortho intramolecular Hbond substituents is 1. The summed E-state index contributed by atoms with van der Waals surface area (Å²) in [5.41, 5.74) is -0.895. The summed E-state index contributed by atoms with van der Waals surface area (Å²) < 4.78 is 4.73. The lowest BCUT2D eigenvalue weighted by atomic mass is 9.85. The Morgan fingerprint density at radius 2 is 1.87 bits per heavy atom. The van der Waals surface area contributed by atoms with Gasteiger partial charge in [-0.3, -0.25) is 4.79 Å². The van der Waals surface area contributed by atoms with E-state index in [1.165, 1.54) is 12.1 Å². The number of benzene rings is 2. The Morgan fingerprint density at radius 1 is 1.16 bits per heavy atom. The van der Waals surface area contributed by atoms with Gasteiger partial charge in [0.05, 0.1) is 11.1 Å². The number of hydrogen-bond donors (Lipinski definition) is 3. The Morgan fingerprint density at radius 3 is 2.58 bits per heavy atom. The second-order valence-electron chi connectivity index (χ2n) is 7.81. The first-order valence-corrected chi connectivity index (χ1v) is 10.1. The molecule has 1 aliphatic carbocycles. The first kappa shape index (κ1) is 20.6. The quantitative estimate of drug-likeness (QED) is 0.564. The van der Waals surface area contributed by atoms with E-state index >= 15 is 0 Å². The molecule has 0 radical (unpaired) electrons. The van der Waals surface area contributed by atoms with E-state index in [1.807, 2.05) is 0 Å². The van der Waals surface area contributed by atoms with Gasteiger partial charge in [0.15, 0.2) is 0 Å². The highest BCUT2D eigenvalue weighted by Crippen LogP contribution is 2.35. The molecule has 31 heavy (non-hydrogen) atoms. The topological polar surface area (TPSA) is 113 Å². The maximum atomic E-state index is 13.2. The van der Waals surface area contributed by atoms with Gasteiger partial charge in [-0.15, -0.1) is 0 Å². The van der Waals surface area contributed by atoms with Gasteiger partial charge in [-0.1, -0.05) is 29.8 Å². The first-order chi connectivity index (χ1) is 14.9. The van der Waals surface area contributed by atoms with Crippen molar-refractivity contribution in [2.75, 3.05) is 5.32 Å². The number of aliphatic hydroxyl groups is 1. The van der Waals surface area contributed by atoms with Gasteiger partial charge in [0, 0.05) is 22.6 Å². The minimum Gasteiger partial charge on any atom is -0.508 e. The zero-order valence-electron chi connectivity index (χ0n) is 17.0. The van der Waals surface area contributed by atoms with Gasteiger partial charge < -0.3 is 20.1 Å². The standard InChI is InChI=1S/C24H22N2O5/c1-15-21-14-18(8-11-20(21)22(28)31-26-15)25-23(29)24(30,17-4-2-3-5-17)13-12-16-6-9-19(27)10-7-16/h6-11,14,17,27,30H,2-5H2,1H3,(H,25,29).